The van der Waals surface area contributed by atoms with Crippen molar-refractivity contribution in [2.45, 2.75) is 13.8 Å². The highest BCUT2D eigenvalue weighted by Gasteiger charge is 2.15. The molecule has 2 aromatic carbocycles. The number of hydrogen-bond donors (Lipinski definition) is 2. The standard InChI is InChI=1S/C19H17N3O2/c1-12-8-9-14(10-13(12)2)17-20-11-16(19(23)24)18(22-17)21-15-6-4-3-5-7-15/h3-11H,1-2H3,(H,23,24)(H,20,21,22). The summed E-state index contributed by atoms with van der Waals surface area (Å²) in [6, 6.07) is 15.3. The number of benzene rings is 2. The number of anilines is 2. The highest BCUT2D eigenvalue weighted by Crippen LogP contribution is 2.24. The molecule has 0 radical (unpaired) electrons. The van der Waals surface area contributed by atoms with Crippen LogP contribution in [0, 0.1) is 13.8 Å². The molecule has 0 aliphatic rings. The van der Waals surface area contributed by atoms with Crippen molar-refractivity contribution in [3.05, 3.63) is 71.4 Å². The number of carbonyl (C=O) groups is 1. The third-order valence-electron chi connectivity index (χ3n) is 3.82. The van der Waals surface area contributed by atoms with E-state index in [1.54, 1.807) is 0 Å². The fourth-order valence-corrected chi connectivity index (χ4v) is 2.31. The molecule has 0 spiro atoms. The lowest BCUT2D eigenvalue weighted by Crippen LogP contribution is -2.07. The van der Waals surface area contributed by atoms with E-state index in [-0.39, 0.29) is 11.4 Å². The van der Waals surface area contributed by atoms with Crippen molar-refractivity contribution in [3.63, 3.8) is 0 Å². The van der Waals surface area contributed by atoms with Crippen LogP contribution in [-0.2, 0) is 0 Å². The predicted molar refractivity (Wildman–Crippen MR) is 93.6 cm³/mol. The molecule has 0 atom stereocenters. The van der Waals surface area contributed by atoms with Gasteiger partial charge >= 0.3 is 5.97 Å². The molecule has 2 N–H and O–H groups in total. The summed E-state index contributed by atoms with van der Waals surface area (Å²) in [4.78, 5) is 20.1. The van der Waals surface area contributed by atoms with Crippen molar-refractivity contribution >= 4 is 17.5 Å². The van der Waals surface area contributed by atoms with E-state index in [2.05, 4.69) is 15.3 Å². The van der Waals surface area contributed by atoms with E-state index in [0.717, 1.165) is 16.8 Å². The largest absolute Gasteiger partial charge is 0.477 e. The van der Waals surface area contributed by atoms with E-state index in [4.69, 9.17) is 0 Å². The molecule has 5 nitrogen and oxygen atoms in total. The second-order valence-electron chi connectivity index (χ2n) is 5.55. The molecule has 3 rings (SSSR count). The molecule has 120 valence electrons. The first kappa shape index (κ1) is 15.7. The van der Waals surface area contributed by atoms with Crippen LogP contribution in [0.5, 0.6) is 0 Å². The maximum Gasteiger partial charge on any atom is 0.341 e. The van der Waals surface area contributed by atoms with Crippen molar-refractivity contribution < 1.29 is 9.90 Å². The van der Waals surface area contributed by atoms with Crippen LogP contribution in [0.2, 0.25) is 0 Å². The van der Waals surface area contributed by atoms with Crippen LogP contribution in [0.1, 0.15) is 21.5 Å². The summed E-state index contributed by atoms with van der Waals surface area (Å²) in [5, 5.41) is 12.4. The van der Waals surface area contributed by atoms with Gasteiger partial charge in [0.25, 0.3) is 0 Å². The van der Waals surface area contributed by atoms with Gasteiger partial charge in [0, 0.05) is 17.4 Å². The van der Waals surface area contributed by atoms with Gasteiger partial charge in [0.2, 0.25) is 0 Å². The van der Waals surface area contributed by atoms with E-state index < -0.39 is 5.97 Å². The summed E-state index contributed by atoms with van der Waals surface area (Å²) in [5.41, 5.74) is 3.97. The second-order valence-corrected chi connectivity index (χ2v) is 5.55. The van der Waals surface area contributed by atoms with E-state index in [1.165, 1.54) is 11.8 Å². The predicted octanol–water partition coefficient (Wildman–Crippen LogP) is 4.20. The zero-order valence-electron chi connectivity index (χ0n) is 13.4. The Morgan fingerprint density at radius 2 is 1.79 bits per heavy atom. The van der Waals surface area contributed by atoms with Crippen LogP contribution < -0.4 is 5.32 Å². The first-order valence-corrected chi connectivity index (χ1v) is 7.54. The molecule has 0 fully saturated rings. The molecule has 5 heteroatoms. The average Bonchev–Trinajstić information content (AvgIpc) is 2.58. The van der Waals surface area contributed by atoms with E-state index >= 15 is 0 Å². The minimum absolute atomic E-state index is 0.0337. The summed E-state index contributed by atoms with van der Waals surface area (Å²) < 4.78 is 0. The van der Waals surface area contributed by atoms with Gasteiger partial charge in [-0.3, -0.25) is 0 Å². The number of nitrogens with one attached hydrogen (secondary N) is 1. The molecule has 3 aromatic rings. The molecule has 1 heterocycles. The zero-order chi connectivity index (χ0) is 17.1. The van der Waals surface area contributed by atoms with Gasteiger partial charge in [-0.25, -0.2) is 14.8 Å². The summed E-state index contributed by atoms with van der Waals surface area (Å²) in [7, 11) is 0. The van der Waals surface area contributed by atoms with Gasteiger partial charge in [0.1, 0.15) is 11.4 Å². The molecule has 0 aliphatic carbocycles. The summed E-state index contributed by atoms with van der Waals surface area (Å²) in [6.07, 6.45) is 1.34. The van der Waals surface area contributed by atoms with E-state index in [0.29, 0.717) is 5.82 Å². The molecule has 0 bridgehead atoms. The van der Waals surface area contributed by atoms with Crippen LogP contribution in [-0.4, -0.2) is 21.0 Å². The SMILES string of the molecule is Cc1ccc(-c2ncc(C(=O)O)c(Nc3ccccc3)n2)cc1C. The van der Waals surface area contributed by atoms with Crippen molar-refractivity contribution in [1.29, 1.82) is 0 Å². The molecular formula is C19H17N3O2. The molecular weight excluding hydrogens is 302 g/mol. The highest BCUT2D eigenvalue weighted by atomic mass is 16.4. The highest BCUT2D eigenvalue weighted by molar-refractivity contribution is 5.94. The number of aryl methyl sites for hydroxylation is 2. The minimum atomic E-state index is -1.07. The Bertz CT molecular complexity index is 892. The summed E-state index contributed by atoms with van der Waals surface area (Å²) in [6.45, 7) is 4.06. The van der Waals surface area contributed by atoms with Crippen molar-refractivity contribution in [1.82, 2.24) is 9.97 Å². The maximum absolute atomic E-state index is 11.4. The summed E-state index contributed by atoms with van der Waals surface area (Å²) >= 11 is 0. The van der Waals surface area contributed by atoms with Gasteiger partial charge in [-0.15, -0.1) is 0 Å². The lowest BCUT2D eigenvalue weighted by molar-refractivity contribution is 0.0697. The summed E-state index contributed by atoms with van der Waals surface area (Å²) in [5.74, 6) is -0.307. The fraction of sp³-hybridized carbons (Fsp3) is 0.105. The average molecular weight is 319 g/mol. The topological polar surface area (TPSA) is 75.1 Å². The molecule has 0 saturated carbocycles. The van der Waals surface area contributed by atoms with Gasteiger partial charge in [0.05, 0.1) is 0 Å². The van der Waals surface area contributed by atoms with E-state index in [1.807, 2.05) is 62.4 Å². The number of aromatic carboxylic acids is 1. The normalized spacial score (nSPS) is 10.4. The Morgan fingerprint density at radius 3 is 2.46 bits per heavy atom. The molecule has 24 heavy (non-hydrogen) atoms. The number of rotatable bonds is 4. The lowest BCUT2D eigenvalue weighted by atomic mass is 10.1. The lowest BCUT2D eigenvalue weighted by Gasteiger charge is -2.11. The van der Waals surface area contributed by atoms with Gasteiger partial charge in [-0.1, -0.05) is 30.3 Å². The zero-order valence-corrected chi connectivity index (χ0v) is 13.4. The molecule has 0 unspecified atom stereocenters. The van der Waals surface area contributed by atoms with Crippen molar-refractivity contribution in [3.8, 4) is 11.4 Å². The van der Waals surface area contributed by atoms with Crippen LogP contribution in [0.15, 0.2) is 54.7 Å². The molecule has 1 aromatic heterocycles. The van der Waals surface area contributed by atoms with Crippen molar-refractivity contribution in [2.24, 2.45) is 0 Å². The van der Waals surface area contributed by atoms with Crippen molar-refractivity contribution in [2.75, 3.05) is 5.32 Å². The molecule has 0 amide bonds. The first-order valence-electron chi connectivity index (χ1n) is 7.54. The minimum Gasteiger partial charge on any atom is -0.477 e. The number of para-hydroxylation sites is 1. The van der Waals surface area contributed by atoms with Crippen LogP contribution in [0.4, 0.5) is 11.5 Å². The van der Waals surface area contributed by atoms with E-state index in [9.17, 15) is 9.90 Å². The molecule has 0 aliphatic heterocycles. The first-order chi connectivity index (χ1) is 11.5. The maximum atomic E-state index is 11.4. The number of hydrogen-bond acceptors (Lipinski definition) is 4. The number of carboxylic acids is 1. The third-order valence-corrected chi connectivity index (χ3v) is 3.82. The Labute approximate surface area is 140 Å². The van der Waals surface area contributed by atoms with Gasteiger partial charge in [-0.2, -0.15) is 0 Å². The quantitative estimate of drug-likeness (QED) is 0.753. The monoisotopic (exact) mass is 319 g/mol. The Balaban J connectivity index is 2.05. The second kappa shape index (κ2) is 6.50. The Hall–Kier alpha value is -3.21. The molecule has 0 saturated heterocycles. The Morgan fingerprint density at radius 1 is 1.04 bits per heavy atom. The van der Waals surface area contributed by atoms with Gasteiger partial charge < -0.3 is 10.4 Å². The van der Waals surface area contributed by atoms with Crippen LogP contribution >= 0.6 is 0 Å². The van der Waals surface area contributed by atoms with Gasteiger partial charge in [-0.05, 0) is 43.2 Å². The number of aromatic nitrogens is 2. The Kier molecular flexibility index (Phi) is 4.24. The fourth-order valence-electron chi connectivity index (χ4n) is 2.31. The van der Waals surface area contributed by atoms with Gasteiger partial charge in [0.15, 0.2) is 5.82 Å². The smallest absolute Gasteiger partial charge is 0.341 e. The number of nitrogens with zero attached hydrogens (tertiary/aromatic N) is 2. The number of carboxylic acid groups (broad SMARTS) is 1. The van der Waals surface area contributed by atoms with Crippen LogP contribution in [0.25, 0.3) is 11.4 Å². The van der Waals surface area contributed by atoms with Crippen LogP contribution in [0.3, 0.4) is 0 Å². The third kappa shape index (κ3) is 3.25.